The van der Waals surface area contributed by atoms with E-state index < -0.39 is 29.3 Å². The molecule has 1 fully saturated rings. The van der Waals surface area contributed by atoms with Crippen LogP contribution in [-0.4, -0.2) is 28.8 Å². The van der Waals surface area contributed by atoms with Gasteiger partial charge in [0, 0.05) is 4.88 Å². The average Bonchev–Trinajstić information content (AvgIpc) is 3.46. The monoisotopic (exact) mass is 413 g/mol. The second-order valence-corrected chi connectivity index (χ2v) is 7.40. The first-order valence-electron chi connectivity index (χ1n) is 8.69. The highest BCUT2D eigenvalue weighted by Gasteiger charge is 2.47. The number of benzene rings is 1. The number of hydrogen-bond acceptors (Lipinski definition) is 6. The molecule has 0 aliphatic carbocycles. The molecule has 3 heterocycles. The number of nitrogens with zero attached hydrogens (tertiary/aromatic N) is 1. The summed E-state index contributed by atoms with van der Waals surface area (Å²) in [5.74, 6) is -2.28. The van der Waals surface area contributed by atoms with E-state index in [4.69, 9.17) is 9.15 Å². The summed E-state index contributed by atoms with van der Waals surface area (Å²) in [6.45, 7) is 0.171. The van der Waals surface area contributed by atoms with E-state index in [9.17, 15) is 19.1 Å². The third-order valence-corrected chi connectivity index (χ3v) is 5.54. The summed E-state index contributed by atoms with van der Waals surface area (Å²) in [6.07, 6.45) is 1.42. The Kier molecular flexibility index (Phi) is 4.94. The number of hydrogen-bond donors (Lipinski definition) is 1. The van der Waals surface area contributed by atoms with Gasteiger partial charge in [0.2, 0.25) is 0 Å². The minimum atomic E-state index is -0.944. The number of rotatable bonds is 5. The Morgan fingerprint density at radius 2 is 2.10 bits per heavy atom. The number of thiophene rings is 1. The Labute approximate surface area is 169 Å². The van der Waals surface area contributed by atoms with Crippen molar-refractivity contribution in [3.8, 4) is 5.75 Å². The molecular formula is C21H16FNO5S. The Morgan fingerprint density at radius 1 is 1.28 bits per heavy atom. The van der Waals surface area contributed by atoms with Crippen molar-refractivity contribution in [2.24, 2.45) is 0 Å². The van der Waals surface area contributed by atoms with Crippen LogP contribution in [0.2, 0.25) is 0 Å². The van der Waals surface area contributed by atoms with Crippen LogP contribution in [0.5, 0.6) is 5.75 Å². The van der Waals surface area contributed by atoms with Gasteiger partial charge in [-0.1, -0.05) is 6.07 Å². The number of Topliss-reactive ketones (excluding diaryl/α,β-unsaturated/α-hetero) is 1. The number of likely N-dealkylation sites (tertiary alicyclic amines) is 1. The Bertz CT molecular complexity index is 1090. The number of methoxy groups -OCH3 is 1. The SMILES string of the molecule is COc1ccc(F)cc1/C(O)=C1/C(=O)C(=O)N(Cc2cccs2)C1c1ccco1. The first-order valence-corrected chi connectivity index (χ1v) is 9.57. The van der Waals surface area contributed by atoms with Gasteiger partial charge in [0.15, 0.2) is 0 Å². The Morgan fingerprint density at radius 3 is 2.76 bits per heavy atom. The molecule has 1 aliphatic heterocycles. The summed E-state index contributed by atoms with van der Waals surface area (Å²) in [5, 5.41) is 12.8. The highest BCUT2D eigenvalue weighted by Crippen LogP contribution is 2.42. The van der Waals surface area contributed by atoms with Crippen molar-refractivity contribution in [2.45, 2.75) is 12.6 Å². The van der Waals surface area contributed by atoms with E-state index in [2.05, 4.69) is 0 Å². The minimum absolute atomic E-state index is 0.0156. The maximum absolute atomic E-state index is 13.8. The summed E-state index contributed by atoms with van der Waals surface area (Å²) in [5.41, 5.74) is -0.191. The molecule has 148 valence electrons. The Balaban J connectivity index is 1.89. The van der Waals surface area contributed by atoms with Crippen LogP contribution < -0.4 is 4.74 Å². The van der Waals surface area contributed by atoms with Gasteiger partial charge in [0.05, 0.1) is 31.1 Å². The lowest BCUT2D eigenvalue weighted by molar-refractivity contribution is -0.140. The molecule has 1 saturated heterocycles. The largest absolute Gasteiger partial charge is 0.507 e. The number of carbonyl (C=O) groups is 2. The zero-order valence-electron chi connectivity index (χ0n) is 15.3. The molecule has 0 bridgehead atoms. The van der Waals surface area contributed by atoms with Crippen molar-refractivity contribution in [3.63, 3.8) is 0 Å². The van der Waals surface area contributed by atoms with E-state index >= 15 is 0 Å². The van der Waals surface area contributed by atoms with Gasteiger partial charge in [0.1, 0.15) is 29.1 Å². The molecule has 1 N–H and O–H groups in total. The lowest BCUT2D eigenvalue weighted by Crippen LogP contribution is -2.28. The first-order chi connectivity index (χ1) is 14.0. The fraction of sp³-hybridized carbons (Fsp3) is 0.143. The molecule has 4 rings (SSSR count). The van der Waals surface area contributed by atoms with Crippen LogP contribution in [0.4, 0.5) is 4.39 Å². The zero-order chi connectivity index (χ0) is 20.5. The fourth-order valence-electron chi connectivity index (χ4n) is 3.37. The lowest BCUT2D eigenvalue weighted by atomic mass is 9.98. The van der Waals surface area contributed by atoms with Crippen molar-refractivity contribution < 1.29 is 28.2 Å². The smallest absolute Gasteiger partial charge is 0.296 e. The second-order valence-electron chi connectivity index (χ2n) is 6.37. The molecule has 2 aromatic heterocycles. The second kappa shape index (κ2) is 7.56. The van der Waals surface area contributed by atoms with Gasteiger partial charge in [-0.15, -0.1) is 11.3 Å². The van der Waals surface area contributed by atoms with Gasteiger partial charge >= 0.3 is 0 Å². The number of ketones is 1. The van der Waals surface area contributed by atoms with Crippen molar-refractivity contribution in [1.29, 1.82) is 0 Å². The molecule has 0 saturated carbocycles. The molecule has 1 amide bonds. The van der Waals surface area contributed by atoms with Gasteiger partial charge in [-0.3, -0.25) is 9.59 Å². The van der Waals surface area contributed by atoms with Crippen LogP contribution in [-0.2, 0) is 16.1 Å². The number of carbonyl (C=O) groups excluding carboxylic acids is 2. The van der Waals surface area contributed by atoms with Crippen LogP contribution in [0.25, 0.3) is 5.76 Å². The van der Waals surface area contributed by atoms with Crippen LogP contribution in [0.3, 0.4) is 0 Å². The number of halogens is 1. The van der Waals surface area contributed by atoms with E-state index in [-0.39, 0.29) is 23.4 Å². The molecular weight excluding hydrogens is 397 g/mol. The van der Waals surface area contributed by atoms with Crippen molar-refractivity contribution >= 4 is 28.8 Å². The molecule has 1 aliphatic rings. The number of amides is 1. The molecule has 1 atom stereocenters. The predicted octanol–water partition coefficient (Wildman–Crippen LogP) is 4.11. The van der Waals surface area contributed by atoms with Gasteiger partial charge in [-0.05, 0) is 41.8 Å². The number of ether oxygens (including phenoxy) is 1. The lowest BCUT2D eigenvalue weighted by Gasteiger charge is -2.22. The van der Waals surface area contributed by atoms with Crippen LogP contribution in [0.15, 0.2) is 64.1 Å². The van der Waals surface area contributed by atoms with E-state index in [0.717, 1.165) is 10.9 Å². The Hall–Kier alpha value is -3.39. The minimum Gasteiger partial charge on any atom is -0.507 e. The van der Waals surface area contributed by atoms with Crippen LogP contribution in [0.1, 0.15) is 22.2 Å². The van der Waals surface area contributed by atoms with Gasteiger partial charge < -0.3 is 19.2 Å². The molecule has 6 nitrogen and oxygen atoms in total. The van der Waals surface area contributed by atoms with Crippen molar-refractivity contribution in [3.05, 3.63) is 81.7 Å². The maximum atomic E-state index is 13.8. The summed E-state index contributed by atoms with van der Waals surface area (Å²) < 4.78 is 24.5. The van der Waals surface area contributed by atoms with Crippen molar-refractivity contribution in [1.82, 2.24) is 4.90 Å². The first kappa shape index (κ1) is 18.9. The summed E-state index contributed by atoms with van der Waals surface area (Å²) in [4.78, 5) is 27.9. The maximum Gasteiger partial charge on any atom is 0.296 e. The highest BCUT2D eigenvalue weighted by atomic mass is 32.1. The molecule has 29 heavy (non-hydrogen) atoms. The van der Waals surface area contributed by atoms with Crippen LogP contribution >= 0.6 is 11.3 Å². The average molecular weight is 413 g/mol. The van der Waals surface area contributed by atoms with E-state index in [1.54, 1.807) is 12.1 Å². The van der Waals surface area contributed by atoms with Gasteiger partial charge in [0.25, 0.3) is 11.7 Å². The summed E-state index contributed by atoms with van der Waals surface area (Å²) >= 11 is 1.44. The zero-order valence-corrected chi connectivity index (χ0v) is 16.1. The highest BCUT2D eigenvalue weighted by molar-refractivity contribution is 7.09. The quantitative estimate of drug-likeness (QED) is 0.387. The van der Waals surface area contributed by atoms with Crippen molar-refractivity contribution in [2.75, 3.05) is 7.11 Å². The molecule has 0 spiro atoms. The van der Waals surface area contributed by atoms with Crippen LogP contribution in [0, 0.1) is 5.82 Å². The molecule has 1 unspecified atom stereocenters. The number of aliphatic hydroxyl groups is 1. The van der Waals surface area contributed by atoms with E-state index in [0.29, 0.717) is 5.76 Å². The molecule has 1 aromatic carbocycles. The predicted molar refractivity (Wildman–Crippen MR) is 104 cm³/mol. The topological polar surface area (TPSA) is 80.0 Å². The molecule has 3 aromatic rings. The van der Waals surface area contributed by atoms with E-state index in [1.165, 1.54) is 41.7 Å². The normalized spacial score (nSPS) is 18.4. The standard InChI is InChI=1S/C21H16FNO5S/c1-27-15-7-6-12(22)10-14(15)19(24)17-18(16-5-2-8-28-16)23(21(26)20(17)25)11-13-4-3-9-29-13/h2-10,18,24H,11H2,1H3/b19-17-. The number of furan rings is 1. The summed E-state index contributed by atoms with van der Waals surface area (Å²) in [6, 6.07) is 9.56. The number of aliphatic hydroxyl groups excluding tert-OH is 1. The third kappa shape index (κ3) is 3.31. The fourth-order valence-corrected chi connectivity index (χ4v) is 4.07. The molecule has 8 heteroatoms. The third-order valence-electron chi connectivity index (χ3n) is 4.68. The van der Waals surface area contributed by atoms with E-state index in [1.807, 2.05) is 17.5 Å². The van der Waals surface area contributed by atoms with Gasteiger partial charge in [-0.2, -0.15) is 0 Å². The molecule has 0 radical (unpaired) electrons. The summed E-state index contributed by atoms with van der Waals surface area (Å²) in [7, 11) is 1.36. The van der Waals surface area contributed by atoms with Gasteiger partial charge in [-0.25, -0.2) is 4.39 Å².